The van der Waals surface area contributed by atoms with Crippen molar-refractivity contribution in [3.63, 3.8) is 0 Å². The summed E-state index contributed by atoms with van der Waals surface area (Å²) in [5.41, 5.74) is 1.88. The second-order valence-corrected chi connectivity index (χ2v) is 2.83. The second-order valence-electron chi connectivity index (χ2n) is 2.83. The Hall–Kier alpha value is -1.91. The lowest BCUT2D eigenvalue weighted by Crippen LogP contribution is -1.96. The second kappa shape index (κ2) is 3.45. The normalized spacial score (nSPS) is 10.4. The molecule has 0 spiro atoms. The van der Waals surface area contributed by atoms with Crippen LogP contribution in [0.25, 0.3) is 11.4 Å². The van der Waals surface area contributed by atoms with E-state index in [0.29, 0.717) is 5.82 Å². The average molecular weight is 191 g/mol. The van der Waals surface area contributed by atoms with E-state index >= 15 is 0 Å². The summed E-state index contributed by atoms with van der Waals surface area (Å²) in [6, 6.07) is 1.80. The van der Waals surface area contributed by atoms with E-state index in [1.807, 2.05) is 6.92 Å². The standard InChI is InChI=1S/C9H9N3O2/c1-2-6-5-10-4-3-7(6)8-11-9(13)14-12-8/h3-5H,2H2,1H3,(H,11,12,13). The maximum atomic E-state index is 10.8. The predicted octanol–water partition coefficient (Wildman–Crippen LogP) is 0.987. The molecule has 14 heavy (non-hydrogen) atoms. The first kappa shape index (κ1) is 8.68. The molecule has 0 aliphatic carbocycles. The zero-order chi connectivity index (χ0) is 9.97. The molecule has 1 N–H and O–H groups in total. The number of nitrogens with one attached hydrogen (secondary N) is 1. The molecule has 0 bridgehead atoms. The molecule has 0 radical (unpaired) electrons. The van der Waals surface area contributed by atoms with Gasteiger partial charge in [0.1, 0.15) is 0 Å². The molecule has 0 amide bonds. The molecule has 2 rings (SSSR count). The third-order valence-corrected chi connectivity index (χ3v) is 1.98. The molecule has 2 heterocycles. The van der Waals surface area contributed by atoms with Crippen LogP contribution in [-0.4, -0.2) is 15.1 Å². The zero-order valence-electron chi connectivity index (χ0n) is 7.65. The number of pyridine rings is 1. The molecule has 2 aromatic rings. The van der Waals surface area contributed by atoms with Crippen LogP contribution in [0.4, 0.5) is 0 Å². The van der Waals surface area contributed by atoms with Crippen molar-refractivity contribution < 1.29 is 4.52 Å². The monoisotopic (exact) mass is 191 g/mol. The van der Waals surface area contributed by atoms with E-state index in [1.54, 1.807) is 18.5 Å². The lowest BCUT2D eigenvalue weighted by atomic mass is 10.1. The third kappa shape index (κ3) is 1.44. The van der Waals surface area contributed by atoms with Gasteiger partial charge in [0.25, 0.3) is 0 Å². The van der Waals surface area contributed by atoms with E-state index in [2.05, 4.69) is 19.6 Å². The lowest BCUT2D eigenvalue weighted by Gasteiger charge is -2.01. The van der Waals surface area contributed by atoms with Gasteiger partial charge in [-0.2, -0.15) is 0 Å². The zero-order valence-corrected chi connectivity index (χ0v) is 7.65. The van der Waals surface area contributed by atoms with Crippen LogP contribution in [0.15, 0.2) is 27.8 Å². The minimum Gasteiger partial charge on any atom is -0.296 e. The van der Waals surface area contributed by atoms with Crippen molar-refractivity contribution in [1.82, 2.24) is 15.1 Å². The fourth-order valence-electron chi connectivity index (χ4n) is 1.29. The summed E-state index contributed by atoms with van der Waals surface area (Å²) < 4.78 is 4.44. The minimum absolute atomic E-state index is 0.453. The van der Waals surface area contributed by atoms with Crippen molar-refractivity contribution in [2.24, 2.45) is 0 Å². The van der Waals surface area contributed by atoms with Gasteiger partial charge in [0.2, 0.25) is 0 Å². The molecule has 0 unspecified atom stereocenters. The van der Waals surface area contributed by atoms with Gasteiger partial charge in [-0.3, -0.25) is 14.5 Å². The maximum absolute atomic E-state index is 10.8. The van der Waals surface area contributed by atoms with Gasteiger partial charge in [-0.1, -0.05) is 12.1 Å². The van der Waals surface area contributed by atoms with Crippen molar-refractivity contribution in [1.29, 1.82) is 0 Å². The molecule has 5 nitrogen and oxygen atoms in total. The van der Waals surface area contributed by atoms with Crippen molar-refractivity contribution in [3.8, 4) is 11.4 Å². The first-order valence-electron chi connectivity index (χ1n) is 4.30. The van der Waals surface area contributed by atoms with Crippen LogP contribution in [0, 0.1) is 0 Å². The molecule has 0 aliphatic rings. The topological polar surface area (TPSA) is 71.8 Å². The van der Waals surface area contributed by atoms with Crippen molar-refractivity contribution in [2.45, 2.75) is 13.3 Å². The quantitative estimate of drug-likeness (QED) is 0.768. The van der Waals surface area contributed by atoms with E-state index in [0.717, 1.165) is 17.5 Å². The molecular weight excluding hydrogens is 182 g/mol. The Morgan fingerprint density at radius 1 is 1.57 bits per heavy atom. The third-order valence-electron chi connectivity index (χ3n) is 1.98. The molecule has 0 aliphatic heterocycles. The molecule has 2 aromatic heterocycles. The van der Waals surface area contributed by atoms with Gasteiger partial charge < -0.3 is 0 Å². The average Bonchev–Trinajstić information content (AvgIpc) is 2.65. The fraction of sp³-hybridized carbons (Fsp3) is 0.222. The molecule has 0 saturated carbocycles. The van der Waals surface area contributed by atoms with Crippen molar-refractivity contribution in [2.75, 3.05) is 0 Å². The van der Waals surface area contributed by atoms with E-state index in [4.69, 9.17) is 0 Å². The first-order valence-corrected chi connectivity index (χ1v) is 4.30. The summed E-state index contributed by atoms with van der Waals surface area (Å²) in [6.45, 7) is 2.01. The number of hydrogen-bond acceptors (Lipinski definition) is 4. The van der Waals surface area contributed by atoms with E-state index in [1.165, 1.54) is 0 Å². The predicted molar refractivity (Wildman–Crippen MR) is 49.7 cm³/mol. The maximum Gasteiger partial charge on any atom is 0.439 e. The van der Waals surface area contributed by atoms with Crippen LogP contribution in [0.3, 0.4) is 0 Å². The van der Waals surface area contributed by atoms with E-state index < -0.39 is 5.76 Å². The van der Waals surface area contributed by atoms with Gasteiger partial charge in [0.15, 0.2) is 5.82 Å². The van der Waals surface area contributed by atoms with Crippen LogP contribution in [-0.2, 0) is 6.42 Å². The van der Waals surface area contributed by atoms with E-state index in [-0.39, 0.29) is 0 Å². The number of aromatic nitrogens is 3. The summed E-state index contributed by atoms with van der Waals surface area (Å²) >= 11 is 0. The van der Waals surface area contributed by atoms with Crippen LogP contribution < -0.4 is 5.76 Å². The largest absolute Gasteiger partial charge is 0.439 e. The summed E-state index contributed by atoms with van der Waals surface area (Å²) in [4.78, 5) is 17.3. The number of H-pyrrole nitrogens is 1. The Bertz CT molecular complexity index is 487. The Labute approximate surface area is 79.8 Å². The van der Waals surface area contributed by atoms with Gasteiger partial charge in [-0.25, -0.2) is 4.79 Å². The Kier molecular flexibility index (Phi) is 2.14. The number of aromatic amines is 1. The molecule has 5 heteroatoms. The number of hydrogen-bond donors (Lipinski definition) is 1. The van der Waals surface area contributed by atoms with Gasteiger partial charge >= 0.3 is 5.76 Å². The highest BCUT2D eigenvalue weighted by Gasteiger charge is 2.07. The minimum atomic E-state index is -0.543. The molecule has 0 fully saturated rings. The van der Waals surface area contributed by atoms with Gasteiger partial charge in [-0.05, 0) is 18.1 Å². The lowest BCUT2D eigenvalue weighted by molar-refractivity contribution is 0.388. The van der Waals surface area contributed by atoms with Crippen molar-refractivity contribution >= 4 is 0 Å². The van der Waals surface area contributed by atoms with E-state index in [9.17, 15) is 4.79 Å². The number of nitrogens with zero attached hydrogens (tertiary/aromatic N) is 2. The van der Waals surface area contributed by atoms with Gasteiger partial charge in [-0.15, -0.1) is 0 Å². The molecule has 0 aromatic carbocycles. The highest BCUT2D eigenvalue weighted by molar-refractivity contribution is 5.58. The van der Waals surface area contributed by atoms with Gasteiger partial charge in [0.05, 0.1) is 0 Å². The Balaban J connectivity index is 2.55. The van der Waals surface area contributed by atoms with Crippen LogP contribution >= 0.6 is 0 Å². The summed E-state index contributed by atoms with van der Waals surface area (Å²) in [5.74, 6) is -0.0897. The highest BCUT2D eigenvalue weighted by Crippen LogP contribution is 2.17. The summed E-state index contributed by atoms with van der Waals surface area (Å²) in [5, 5.41) is 3.62. The highest BCUT2D eigenvalue weighted by atomic mass is 16.5. The fourth-order valence-corrected chi connectivity index (χ4v) is 1.29. The van der Waals surface area contributed by atoms with Crippen LogP contribution in [0.5, 0.6) is 0 Å². The van der Waals surface area contributed by atoms with Gasteiger partial charge in [0, 0.05) is 18.0 Å². The number of rotatable bonds is 2. The molecule has 0 saturated heterocycles. The first-order chi connectivity index (χ1) is 6.81. The van der Waals surface area contributed by atoms with Crippen LogP contribution in [0.2, 0.25) is 0 Å². The molecular formula is C9H9N3O2. The smallest absolute Gasteiger partial charge is 0.296 e. The molecule has 0 atom stereocenters. The Morgan fingerprint density at radius 3 is 3.07 bits per heavy atom. The number of aryl methyl sites for hydroxylation is 1. The van der Waals surface area contributed by atoms with Crippen LogP contribution in [0.1, 0.15) is 12.5 Å². The van der Waals surface area contributed by atoms with Crippen molar-refractivity contribution in [3.05, 3.63) is 34.6 Å². The summed E-state index contributed by atoms with van der Waals surface area (Å²) in [6.07, 6.45) is 4.24. The Morgan fingerprint density at radius 2 is 2.43 bits per heavy atom. The SMILES string of the molecule is CCc1cnccc1-c1noc(=O)[nH]1. The summed E-state index contributed by atoms with van der Waals surface area (Å²) in [7, 11) is 0. The molecule has 72 valence electrons.